The molecule has 92 valence electrons. The molecular formula is C12H18N4S. The van der Waals surface area contributed by atoms with Gasteiger partial charge in [-0.15, -0.1) is 0 Å². The third-order valence-electron chi connectivity index (χ3n) is 2.84. The summed E-state index contributed by atoms with van der Waals surface area (Å²) in [6, 6.07) is 2.44. The van der Waals surface area contributed by atoms with Gasteiger partial charge in [0, 0.05) is 25.0 Å². The van der Waals surface area contributed by atoms with Gasteiger partial charge < -0.3 is 9.88 Å². The van der Waals surface area contributed by atoms with Gasteiger partial charge in [0.1, 0.15) is 5.52 Å². The Bertz CT molecular complexity index is 494. The number of hydrogen-bond donors (Lipinski definition) is 1. The van der Waals surface area contributed by atoms with Crippen LogP contribution < -0.4 is 5.32 Å². The molecule has 2 aromatic rings. The normalized spacial score (nSPS) is 12.9. The third-order valence-corrected chi connectivity index (χ3v) is 3.58. The minimum atomic E-state index is 0.449. The zero-order chi connectivity index (χ0) is 12.3. The van der Waals surface area contributed by atoms with Crippen LogP contribution in [0.1, 0.15) is 13.3 Å². The van der Waals surface area contributed by atoms with Crippen LogP contribution in [0.25, 0.3) is 11.0 Å². The van der Waals surface area contributed by atoms with Gasteiger partial charge in [-0.2, -0.15) is 11.8 Å². The lowest BCUT2D eigenvalue weighted by Gasteiger charge is -2.16. The van der Waals surface area contributed by atoms with Crippen molar-refractivity contribution in [2.24, 2.45) is 7.05 Å². The predicted octanol–water partition coefficient (Wildman–Crippen LogP) is 2.52. The fraction of sp³-hybridized carbons (Fsp3) is 0.500. The molecule has 0 aliphatic rings. The van der Waals surface area contributed by atoms with Gasteiger partial charge >= 0.3 is 0 Å². The minimum Gasteiger partial charge on any atom is -0.365 e. The first-order valence-corrected chi connectivity index (χ1v) is 7.17. The zero-order valence-corrected chi connectivity index (χ0v) is 11.3. The average molecular weight is 250 g/mol. The van der Waals surface area contributed by atoms with Gasteiger partial charge in [-0.25, -0.2) is 9.97 Å². The summed E-state index contributed by atoms with van der Waals surface area (Å²) in [5.41, 5.74) is 2.07. The van der Waals surface area contributed by atoms with Crippen molar-refractivity contribution >= 4 is 28.6 Å². The largest absolute Gasteiger partial charge is 0.365 e. The smallest absolute Gasteiger partial charge is 0.154 e. The summed E-state index contributed by atoms with van der Waals surface area (Å²) in [6.45, 7) is 2.19. The van der Waals surface area contributed by atoms with Crippen LogP contribution in [0.4, 0.5) is 5.82 Å². The van der Waals surface area contributed by atoms with E-state index in [1.165, 1.54) is 0 Å². The van der Waals surface area contributed by atoms with Gasteiger partial charge in [0.05, 0.1) is 11.8 Å². The summed E-state index contributed by atoms with van der Waals surface area (Å²) in [7, 11) is 2.00. The van der Waals surface area contributed by atoms with Crippen molar-refractivity contribution in [2.75, 3.05) is 17.3 Å². The second kappa shape index (κ2) is 5.40. The topological polar surface area (TPSA) is 42.7 Å². The molecule has 0 aliphatic heterocycles. The Morgan fingerprint density at radius 1 is 1.47 bits per heavy atom. The van der Waals surface area contributed by atoms with Crippen LogP contribution in [0.5, 0.6) is 0 Å². The molecule has 0 saturated carbocycles. The lowest BCUT2D eigenvalue weighted by molar-refractivity contribution is 0.771. The molecule has 0 amide bonds. The lowest BCUT2D eigenvalue weighted by atomic mass is 10.2. The van der Waals surface area contributed by atoms with E-state index in [1.807, 2.05) is 42.0 Å². The number of rotatable bonds is 5. The second-order valence-electron chi connectivity index (χ2n) is 4.09. The summed E-state index contributed by atoms with van der Waals surface area (Å²) in [5.74, 6) is 1.98. The Morgan fingerprint density at radius 2 is 2.29 bits per heavy atom. The van der Waals surface area contributed by atoms with E-state index in [0.717, 1.165) is 29.0 Å². The third kappa shape index (κ3) is 2.54. The maximum Gasteiger partial charge on any atom is 0.154 e. The van der Waals surface area contributed by atoms with Crippen molar-refractivity contribution in [2.45, 2.75) is 19.4 Å². The molecule has 0 radical (unpaired) electrons. The molecule has 1 unspecified atom stereocenters. The molecule has 17 heavy (non-hydrogen) atoms. The van der Waals surface area contributed by atoms with Gasteiger partial charge in [0.25, 0.3) is 0 Å². The number of aryl methyl sites for hydroxylation is 1. The zero-order valence-electron chi connectivity index (χ0n) is 10.5. The number of anilines is 1. The summed E-state index contributed by atoms with van der Waals surface area (Å²) in [4.78, 5) is 8.79. The van der Waals surface area contributed by atoms with Gasteiger partial charge in [-0.1, -0.05) is 6.92 Å². The van der Waals surface area contributed by atoms with Crippen LogP contribution in [0.15, 0.2) is 18.6 Å². The Balaban J connectivity index is 2.29. The van der Waals surface area contributed by atoms with Gasteiger partial charge in [0.2, 0.25) is 0 Å². The highest BCUT2D eigenvalue weighted by atomic mass is 32.2. The first-order valence-electron chi connectivity index (χ1n) is 5.77. The molecule has 0 fully saturated rings. The Hall–Kier alpha value is -1.23. The Morgan fingerprint density at radius 3 is 3.00 bits per heavy atom. The number of fused-ring (bicyclic) bond motifs is 1. The maximum absolute atomic E-state index is 4.40. The van der Waals surface area contributed by atoms with Crippen LogP contribution in [0.3, 0.4) is 0 Å². The quantitative estimate of drug-likeness (QED) is 0.885. The van der Waals surface area contributed by atoms with Crippen molar-refractivity contribution in [3.8, 4) is 0 Å². The number of thioether (sulfide) groups is 1. The number of pyridine rings is 1. The average Bonchev–Trinajstić information content (AvgIpc) is 2.72. The van der Waals surface area contributed by atoms with E-state index >= 15 is 0 Å². The number of nitrogens with one attached hydrogen (secondary N) is 1. The van der Waals surface area contributed by atoms with Crippen molar-refractivity contribution in [1.82, 2.24) is 14.5 Å². The molecule has 4 nitrogen and oxygen atoms in total. The molecule has 2 rings (SSSR count). The summed E-state index contributed by atoms with van der Waals surface area (Å²) >= 11 is 1.85. The highest BCUT2D eigenvalue weighted by Crippen LogP contribution is 2.20. The summed E-state index contributed by atoms with van der Waals surface area (Å²) in [6.07, 6.45) is 6.87. The number of imidazole rings is 1. The highest BCUT2D eigenvalue weighted by molar-refractivity contribution is 7.98. The van der Waals surface area contributed by atoms with E-state index in [4.69, 9.17) is 0 Å². The van der Waals surface area contributed by atoms with Crippen molar-refractivity contribution in [3.05, 3.63) is 18.6 Å². The van der Waals surface area contributed by atoms with Crippen molar-refractivity contribution < 1.29 is 0 Å². The summed E-state index contributed by atoms with van der Waals surface area (Å²) in [5, 5.41) is 3.48. The molecule has 0 bridgehead atoms. The SMILES string of the molecule is CCC(CSC)Nc1nccc2c1ncn2C. The molecule has 0 aliphatic carbocycles. The van der Waals surface area contributed by atoms with Crippen molar-refractivity contribution in [3.63, 3.8) is 0 Å². The Kier molecular flexibility index (Phi) is 3.89. The van der Waals surface area contributed by atoms with Gasteiger partial charge in [-0.3, -0.25) is 0 Å². The highest BCUT2D eigenvalue weighted by Gasteiger charge is 2.11. The fourth-order valence-corrected chi connectivity index (χ4v) is 2.55. The van der Waals surface area contributed by atoms with Crippen LogP contribution in [0, 0.1) is 0 Å². The number of aromatic nitrogens is 3. The monoisotopic (exact) mass is 250 g/mol. The maximum atomic E-state index is 4.40. The minimum absolute atomic E-state index is 0.449. The van der Waals surface area contributed by atoms with Crippen LogP contribution in [-0.2, 0) is 7.05 Å². The van der Waals surface area contributed by atoms with E-state index in [2.05, 4.69) is 28.5 Å². The van der Waals surface area contributed by atoms with E-state index in [0.29, 0.717) is 6.04 Å². The summed E-state index contributed by atoms with van der Waals surface area (Å²) < 4.78 is 2.01. The van der Waals surface area contributed by atoms with Gasteiger partial charge in [-0.05, 0) is 18.7 Å². The van der Waals surface area contributed by atoms with E-state index < -0.39 is 0 Å². The molecule has 2 aromatic heterocycles. The lowest BCUT2D eigenvalue weighted by Crippen LogP contribution is -2.21. The van der Waals surface area contributed by atoms with E-state index in [9.17, 15) is 0 Å². The second-order valence-corrected chi connectivity index (χ2v) is 5.00. The van der Waals surface area contributed by atoms with Crippen LogP contribution >= 0.6 is 11.8 Å². The van der Waals surface area contributed by atoms with E-state index in [1.54, 1.807) is 0 Å². The standard InChI is InChI=1S/C12H18N4S/c1-4-9(7-17-3)15-12-11-10(5-6-13-12)16(2)8-14-11/h5-6,8-9H,4,7H2,1-3H3,(H,13,15). The number of nitrogens with zero attached hydrogens (tertiary/aromatic N) is 3. The molecule has 5 heteroatoms. The Labute approximate surface area is 106 Å². The van der Waals surface area contributed by atoms with E-state index in [-0.39, 0.29) is 0 Å². The van der Waals surface area contributed by atoms with Crippen LogP contribution in [0.2, 0.25) is 0 Å². The van der Waals surface area contributed by atoms with Crippen LogP contribution in [-0.4, -0.2) is 32.6 Å². The molecule has 0 aromatic carbocycles. The molecule has 1 N–H and O–H groups in total. The molecular weight excluding hydrogens is 232 g/mol. The number of hydrogen-bond acceptors (Lipinski definition) is 4. The molecule has 0 spiro atoms. The van der Waals surface area contributed by atoms with Crippen molar-refractivity contribution in [1.29, 1.82) is 0 Å². The fourth-order valence-electron chi connectivity index (χ4n) is 1.82. The molecule has 1 atom stereocenters. The first-order chi connectivity index (χ1) is 8.26. The molecule has 2 heterocycles. The van der Waals surface area contributed by atoms with Gasteiger partial charge in [0.15, 0.2) is 5.82 Å². The molecule has 0 saturated heterocycles. The first kappa shape index (κ1) is 12.2. The predicted molar refractivity (Wildman–Crippen MR) is 74.6 cm³/mol.